The molecule has 0 aliphatic carbocycles. The molecule has 5 heterocycles. The van der Waals surface area contributed by atoms with Crippen LogP contribution >= 0.6 is 11.3 Å². The summed E-state index contributed by atoms with van der Waals surface area (Å²) < 4.78 is 0. The second-order valence-corrected chi connectivity index (χ2v) is 10.8. The zero-order chi connectivity index (χ0) is 27.1. The summed E-state index contributed by atoms with van der Waals surface area (Å²) in [5.74, 6) is 0.556. The number of aromatic nitrogens is 6. The molecule has 0 atom stereocenters. The van der Waals surface area contributed by atoms with Crippen molar-refractivity contribution in [1.82, 2.24) is 30.1 Å². The quantitative estimate of drug-likeness (QED) is 0.215. The van der Waals surface area contributed by atoms with Gasteiger partial charge in [0.15, 0.2) is 11.5 Å². The van der Waals surface area contributed by atoms with Crippen LogP contribution in [0.1, 0.15) is 10.4 Å². The minimum absolute atomic E-state index is 0.0895. The number of benzene rings is 2. The summed E-state index contributed by atoms with van der Waals surface area (Å²) in [6.07, 6.45) is 5.53. The molecule has 194 valence electrons. The van der Waals surface area contributed by atoms with Crippen LogP contribution in [-0.4, -0.2) is 36.0 Å². The Morgan fingerprint density at radius 2 is 1.88 bits per heavy atom. The highest BCUT2D eigenvalue weighted by Crippen LogP contribution is 2.35. The van der Waals surface area contributed by atoms with Gasteiger partial charge in [-0.15, -0.1) is 11.3 Å². The highest BCUT2D eigenvalue weighted by atomic mass is 32.1. The number of aromatic amines is 2. The first-order chi connectivity index (χ1) is 19.6. The molecule has 3 N–H and O–H groups in total. The molecule has 0 saturated carbocycles. The first-order valence-corrected chi connectivity index (χ1v) is 13.6. The lowest BCUT2D eigenvalue weighted by Crippen LogP contribution is -2.14. The number of H-pyrrole nitrogens is 2. The normalized spacial score (nSPS) is 11.3. The van der Waals surface area contributed by atoms with Gasteiger partial charge in [0.25, 0.3) is 0 Å². The van der Waals surface area contributed by atoms with E-state index in [0.29, 0.717) is 29.3 Å². The molecule has 9 heteroatoms. The molecule has 8 nitrogen and oxygen atoms in total. The Morgan fingerprint density at radius 1 is 0.975 bits per heavy atom. The van der Waals surface area contributed by atoms with Crippen LogP contribution in [0.5, 0.6) is 0 Å². The third-order valence-electron chi connectivity index (χ3n) is 6.75. The zero-order valence-electron chi connectivity index (χ0n) is 21.5. The standard InChI is InChI=1S/C31H23N7OS/c1-18-7-10-26(40-18)23-11-12-33-30-28(23)35-31(36-30)29-24-15-20(8-9-25(24)37-38-29)21-14-22(17-32-16-21)34-27(39)13-19-5-3-2-4-6-19/h2-12,14-17H,13H2,1H3,(H,34,39)(H,37,38)(H,33,35,36). The number of amides is 1. The number of rotatable bonds is 6. The number of aryl methyl sites for hydroxylation is 1. The van der Waals surface area contributed by atoms with Gasteiger partial charge in [-0.25, -0.2) is 9.97 Å². The number of carbonyl (C=O) groups excluding carboxylic acids is 1. The lowest BCUT2D eigenvalue weighted by molar-refractivity contribution is -0.115. The number of fused-ring (bicyclic) bond motifs is 2. The number of anilines is 1. The van der Waals surface area contributed by atoms with Gasteiger partial charge in [0.05, 0.1) is 29.3 Å². The molecule has 0 spiro atoms. The summed E-state index contributed by atoms with van der Waals surface area (Å²) in [4.78, 5) is 32.1. The van der Waals surface area contributed by atoms with E-state index in [2.05, 4.69) is 55.6 Å². The maximum Gasteiger partial charge on any atom is 0.228 e. The van der Waals surface area contributed by atoms with E-state index in [9.17, 15) is 4.79 Å². The minimum atomic E-state index is -0.0895. The van der Waals surface area contributed by atoms with E-state index >= 15 is 0 Å². The number of thiophene rings is 1. The fraction of sp³-hybridized carbons (Fsp3) is 0.0645. The van der Waals surface area contributed by atoms with E-state index in [1.54, 1.807) is 29.9 Å². The smallest absolute Gasteiger partial charge is 0.228 e. The molecule has 0 unspecified atom stereocenters. The van der Waals surface area contributed by atoms with Crippen LogP contribution in [0.25, 0.3) is 55.2 Å². The van der Waals surface area contributed by atoms with E-state index in [1.165, 1.54) is 4.88 Å². The second kappa shape index (κ2) is 9.87. The molecule has 5 aromatic heterocycles. The maximum absolute atomic E-state index is 12.6. The summed E-state index contributed by atoms with van der Waals surface area (Å²) >= 11 is 1.74. The summed E-state index contributed by atoms with van der Waals surface area (Å²) in [5, 5.41) is 11.6. The van der Waals surface area contributed by atoms with Crippen LogP contribution in [0.3, 0.4) is 0 Å². The topological polar surface area (TPSA) is 112 Å². The van der Waals surface area contributed by atoms with Crippen LogP contribution in [0, 0.1) is 6.92 Å². The average molecular weight is 542 g/mol. The largest absolute Gasteiger partial charge is 0.335 e. The van der Waals surface area contributed by atoms with Crippen molar-refractivity contribution in [2.75, 3.05) is 5.32 Å². The van der Waals surface area contributed by atoms with E-state index in [0.717, 1.165) is 43.6 Å². The Labute approximate surface area is 233 Å². The van der Waals surface area contributed by atoms with E-state index in [1.807, 2.05) is 54.6 Å². The Balaban J connectivity index is 1.21. The van der Waals surface area contributed by atoms with Gasteiger partial charge in [0.2, 0.25) is 5.91 Å². The minimum Gasteiger partial charge on any atom is -0.335 e. The first kappa shape index (κ1) is 23.9. The lowest BCUT2D eigenvalue weighted by Gasteiger charge is -2.08. The van der Waals surface area contributed by atoms with Gasteiger partial charge in [0.1, 0.15) is 5.69 Å². The van der Waals surface area contributed by atoms with E-state index in [4.69, 9.17) is 4.98 Å². The van der Waals surface area contributed by atoms with Gasteiger partial charge in [0, 0.05) is 38.7 Å². The van der Waals surface area contributed by atoms with E-state index < -0.39 is 0 Å². The van der Waals surface area contributed by atoms with Crippen LogP contribution in [-0.2, 0) is 11.2 Å². The van der Waals surface area contributed by atoms with Crippen molar-refractivity contribution in [1.29, 1.82) is 0 Å². The molecule has 0 aliphatic heterocycles. The van der Waals surface area contributed by atoms with Crippen molar-refractivity contribution >= 4 is 45.0 Å². The number of nitrogens with zero attached hydrogens (tertiary/aromatic N) is 4. The molecule has 0 aliphatic rings. The SMILES string of the molecule is Cc1ccc(-c2ccnc3nc(-c4n[nH]c5ccc(-c6cncc(NC(=O)Cc7ccccc7)c6)cc45)[nH]c23)s1. The van der Waals surface area contributed by atoms with Crippen molar-refractivity contribution in [3.63, 3.8) is 0 Å². The molecule has 0 bridgehead atoms. The first-order valence-electron chi connectivity index (χ1n) is 12.8. The Hall–Kier alpha value is -5.15. The fourth-order valence-corrected chi connectivity index (χ4v) is 5.73. The number of nitrogens with one attached hydrogen (secondary N) is 3. The zero-order valence-corrected chi connectivity index (χ0v) is 22.3. The van der Waals surface area contributed by atoms with Gasteiger partial charge in [-0.3, -0.25) is 14.9 Å². The van der Waals surface area contributed by atoms with Crippen LogP contribution in [0.15, 0.2) is 91.4 Å². The molecule has 0 radical (unpaired) electrons. The summed E-state index contributed by atoms with van der Waals surface area (Å²) in [6, 6.07) is 23.9. The van der Waals surface area contributed by atoms with Gasteiger partial charge in [-0.2, -0.15) is 5.10 Å². The van der Waals surface area contributed by atoms with Crippen LogP contribution in [0.4, 0.5) is 5.69 Å². The lowest BCUT2D eigenvalue weighted by atomic mass is 10.0. The molecule has 40 heavy (non-hydrogen) atoms. The summed E-state index contributed by atoms with van der Waals surface area (Å²) in [6.45, 7) is 2.10. The van der Waals surface area contributed by atoms with E-state index in [-0.39, 0.29) is 5.91 Å². The highest BCUT2D eigenvalue weighted by molar-refractivity contribution is 7.15. The molecule has 0 saturated heterocycles. The number of pyridine rings is 2. The fourth-order valence-electron chi connectivity index (χ4n) is 4.83. The van der Waals surface area contributed by atoms with Crippen LogP contribution in [0.2, 0.25) is 0 Å². The van der Waals surface area contributed by atoms with Gasteiger partial charge in [-0.1, -0.05) is 36.4 Å². The predicted octanol–water partition coefficient (Wildman–Crippen LogP) is 6.78. The van der Waals surface area contributed by atoms with Crippen molar-refractivity contribution in [2.24, 2.45) is 0 Å². The molecule has 2 aromatic carbocycles. The van der Waals surface area contributed by atoms with Crippen molar-refractivity contribution in [2.45, 2.75) is 13.3 Å². The van der Waals surface area contributed by atoms with Gasteiger partial charge >= 0.3 is 0 Å². The molecule has 7 rings (SSSR count). The van der Waals surface area contributed by atoms with Crippen molar-refractivity contribution in [3.05, 3.63) is 102 Å². The van der Waals surface area contributed by atoms with Crippen molar-refractivity contribution < 1.29 is 4.79 Å². The number of hydrogen-bond acceptors (Lipinski definition) is 6. The number of imidazole rings is 1. The maximum atomic E-state index is 12.6. The molecule has 7 aromatic rings. The van der Waals surface area contributed by atoms with Crippen molar-refractivity contribution in [3.8, 4) is 33.1 Å². The average Bonchev–Trinajstić information content (AvgIpc) is 3.71. The third-order valence-corrected chi connectivity index (χ3v) is 7.78. The monoisotopic (exact) mass is 541 g/mol. The molecular weight excluding hydrogens is 518 g/mol. The number of hydrogen-bond donors (Lipinski definition) is 3. The molecule has 0 fully saturated rings. The summed E-state index contributed by atoms with van der Waals surface area (Å²) in [5.41, 5.74) is 7.64. The Bertz CT molecular complexity index is 2010. The number of carbonyl (C=O) groups is 1. The van der Waals surface area contributed by atoms with Gasteiger partial charge in [-0.05, 0) is 54.4 Å². The van der Waals surface area contributed by atoms with Crippen LogP contribution < -0.4 is 5.32 Å². The molecular formula is C31H23N7OS. The summed E-state index contributed by atoms with van der Waals surface area (Å²) in [7, 11) is 0. The Kier molecular flexibility index (Phi) is 5.90. The third kappa shape index (κ3) is 4.52. The Morgan fingerprint density at radius 3 is 2.73 bits per heavy atom. The molecule has 1 amide bonds. The highest BCUT2D eigenvalue weighted by Gasteiger charge is 2.17. The van der Waals surface area contributed by atoms with Gasteiger partial charge < -0.3 is 10.3 Å². The predicted molar refractivity (Wildman–Crippen MR) is 159 cm³/mol. The second-order valence-electron chi connectivity index (χ2n) is 9.56.